The van der Waals surface area contributed by atoms with E-state index < -0.39 is 5.97 Å². The normalized spacial score (nSPS) is 9.71. The van der Waals surface area contributed by atoms with Crippen LogP contribution in [0.4, 0.5) is 0 Å². The number of carbonyl (C=O) groups is 1. The van der Waals surface area contributed by atoms with Crippen molar-refractivity contribution in [3.05, 3.63) is 22.5 Å². The minimum Gasteiger partial charge on any atom is -0.493 e. The molecule has 0 spiro atoms. The minimum absolute atomic E-state index is 0.234. The highest BCUT2D eigenvalue weighted by Crippen LogP contribution is 2.24. The molecular weight excluding hydrogens is 206 g/mol. The quantitative estimate of drug-likeness (QED) is 0.558. The molecule has 1 aromatic rings. The zero-order valence-electron chi connectivity index (χ0n) is 8.13. The third-order valence-electron chi connectivity index (χ3n) is 1.76. The van der Waals surface area contributed by atoms with Gasteiger partial charge in [0, 0.05) is 0 Å². The predicted octanol–water partition coefficient (Wildman–Crippen LogP) is 1.84. The molecule has 0 radical (unpaired) electrons. The average Bonchev–Trinajstić information content (AvgIpc) is 2.17. The summed E-state index contributed by atoms with van der Waals surface area (Å²) < 4.78 is 9.51. The first-order valence-electron chi connectivity index (χ1n) is 3.89. The molecule has 0 aliphatic rings. The molecule has 0 aliphatic carbocycles. The van der Waals surface area contributed by atoms with Gasteiger partial charge in [-0.25, -0.2) is 9.78 Å². The lowest BCUT2D eigenvalue weighted by Crippen LogP contribution is -2.06. The fourth-order valence-electron chi connectivity index (χ4n) is 1.02. The number of rotatable bonds is 2. The van der Waals surface area contributed by atoms with E-state index in [2.05, 4.69) is 9.72 Å². The number of esters is 1. The zero-order chi connectivity index (χ0) is 10.7. The van der Waals surface area contributed by atoms with E-state index in [1.807, 2.05) is 0 Å². The van der Waals surface area contributed by atoms with E-state index in [1.54, 1.807) is 6.92 Å². The van der Waals surface area contributed by atoms with Gasteiger partial charge in [0.25, 0.3) is 0 Å². The fraction of sp³-hybridized carbons (Fsp3) is 0.333. The Bertz CT molecular complexity index is 365. The summed E-state index contributed by atoms with van der Waals surface area (Å²) in [5.74, 6) is -0.0948. The average molecular weight is 216 g/mol. The second kappa shape index (κ2) is 4.28. The monoisotopic (exact) mass is 215 g/mol. The maximum Gasteiger partial charge on any atom is 0.339 e. The van der Waals surface area contributed by atoms with Gasteiger partial charge in [-0.3, -0.25) is 0 Å². The SMILES string of the molecule is COC(=O)c1cc(OC)c(Cl)nc1C. The summed E-state index contributed by atoms with van der Waals surface area (Å²) in [5.41, 5.74) is 0.872. The van der Waals surface area contributed by atoms with E-state index in [4.69, 9.17) is 16.3 Å². The summed E-state index contributed by atoms with van der Waals surface area (Å²) in [4.78, 5) is 15.2. The lowest BCUT2D eigenvalue weighted by molar-refractivity contribution is 0.0599. The molecule has 0 saturated heterocycles. The first-order chi connectivity index (χ1) is 6.60. The van der Waals surface area contributed by atoms with Crippen molar-refractivity contribution < 1.29 is 14.3 Å². The number of halogens is 1. The first-order valence-corrected chi connectivity index (χ1v) is 4.27. The van der Waals surface area contributed by atoms with E-state index in [0.717, 1.165) is 0 Å². The summed E-state index contributed by atoms with van der Waals surface area (Å²) in [6, 6.07) is 1.51. The number of pyridine rings is 1. The van der Waals surface area contributed by atoms with Gasteiger partial charge >= 0.3 is 5.97 Å². The molecule has 14 heavy (non-hydrogen) atoms. The van der Waals surface area contributed by atoms with Crippen LogP contribution in [0, 0.1) is 6.92 Å². The van der Waals surface area contributed by atoms with E-state index in [9.17, 15) is 4.79 Å². The highest BCUT2D eigenvalue weighted by atomic mass is 35.5. The Morgan fingerprint density at radius 1 is 1.50 bits per heavy atom. The van der Waals surface area contributed by atoms with Gasteiger partial charge in [-0.1, -0.05) is 11.6 Å². The minimum atomic E-state index is -0.454. The van der Waals surface area contributed by atoms with Crippen LogP contribution >= 0.6 is 11.6 Å². The van der Waals surface area contributed by atoms with Crippen molar-refractivity contribution in [2.75, 3.05) is 14.2 Å². The number of aromatic nitrogens is 1. The molecule has 0 unspecified atom stereocenters. The van der Waals surface area contributed by atoms with Crippen LogP contribution in [0.15, 0.2) is 6.07 Å². The van der Waals surface area contributed by atoms with Gasteiger partial charge in [-0.2, -0.15) is 0 Å². The molecule has 0 fully saturated rings. The van der Waals surface area contributed by atoms with Gasteiger partial charge in [0.05, 0.1) is 25.5 Å². The highest BCUT2D eigenvalue weighted by Gasteiger charge is 2.14. The molecule has 1 heterocycles. The Labute approximate surface area is 86.8 Å². The van der Waals surface area contributed by atoms with Gasteiger partial charge in [0.2, 0.25) is 0 Å². The first kappa shape index (κ1) is 10.8. The molecule has 1 rings (SSSR count). The Morgan fingerprint density at radius 3 is 2.64 bits per heavy atom. The summed E-state index contributed by atoms with van der Waals surface area (Å²) in [7, 11) is 2.77. The standard InChI is InChI=1S/C9H10ClNO3/c1-5-6(9(12)14-3)4-7(13-2)8(10)11-5/h4H,1-3H3. The second-order valence-corrected chi connectivity index (χ2v) is 2.96. The summed E-state index contributed by atoms with van der Waals surface area (Å²) in [6.45, 7) is 1.68. The van der Waals surface area contributed by atoms with Crippen molar-refractivity contribution in [1.82, 2.24) is 4.98 Å². The fourth-order valence-corrected chi connectivity index (χ4v) is 1.28. The maximum atomic E-state index is 11.3. The lowest BCUT2D eigenvalue weighted by Gasteiger charge is -2.07. The van der Waals surface area contributed by atoms with E-state index in [0.29, 0.717) is 17.0 Å². The van der Waals surface area contributed by atoms with Crippen LogP contribution in [-0.4, -0.2) is 25.2 Å². The van der Waals surface area contributed by atoms with Crippen LogP contribution in [-0.2, 0) is 4.74 Å². The number of carbonyl (C=O) groups excluding carboxylic acids is 1. The lowest BCUT2D eigenvalue weighted by atomic mass is 10.2. The Hall–Kier alpha value is -1.29. The van der Waals surface area contributed by atoms with E-state index >= 15 is 0 Å². The van der Waals surface area contributed by atoms with E-state index in [-0.39, 0.29) is 5.15 Å². The molecule has 0 bridgehead atoms. The van der Waals surface area contributed by atoms with Crippen LogP contribution in [0.25, 0.3) is 0 Å². The number of methoxy groups -OCH3 is 2. The number of aryl methyl sites for hydroxylation is 1. The molecule has 0 N–H and O–H groups in total. The predicted molar refractivity (Wildman–Crippen MR) is 51.9 cm³/mol. The summed E-state index contributed by atoms with van der Waals surface area (Å²) in [5, 5.41) is 0.234. The summed E-state index contributed by atoms with van der Waals surface area (Å²) in [6.07, 6.45) is 0. The molecular formula is C9H10ClNO3. The van der Waals surface area contributed by atoms with Crippen molar-refractivity contribution in [1.29, 1.82) is 0 Å². The van der Waals surface area contributed by atoms with Crippen molar-refractivity contribution in [2.45, 2.75) is 6.92 Å². The smallest absolute Gasteiger partial charge is 0.339 e. The van der Waals surface area contributed by atoms with E-state index in [1.165, 1.54) is 20.3 Å². The number of nitrogens with zero attached hydrogens (tertiary/aromatic N) is 1. The molecule has 76 valence electrons. The molecule has 0 amide bonds. The Kier molecular flexibility index (Phi) is 3.30. The van der Waals surface area contributed by atoms with Crippen molar-refractivity contribution in [3.63, 3.8) is 0 Å². The molecule has 0 saturated carbocycles. The molecule has 4 nitrogen and oxygen atoms in total. The third-order valence-corrected chi connectivity index (χ3v) is 2.03. The molecule has 0 aliphatic heterocycles. The van der Waals surface area contributed by atoms with Crippen LogP contribution < -0.4 is 4.74 Å². The molecule has 0 atom stereocenters. The Balaban J connectivity index is 3.24. The molecule has 5 heteroatoms. The van der Waals surface area contributed by atoms with Gasteiger partial charge < -0.3 is 9.47 Å². The number of hydrogen-bond acceptors (Lipinski definition) is 4. The second-order valence-electron chi connectivity index (χ2n) is 2.61. The van der Waals surface area contributed by atoms with Crippen LogP contribution in [0.1, 0.15) is 16.1 Å². The zero-order valence-corrected chi connectivity index (χ0v) is 8.88. The molecule has 1 aromatic heterocycles. The number of ether oxygens (including phenoxy) is 2. The molecule has 0 aromatic carbocycles. The van der Waals surface area contributed by atoms with Crippen molar-refractivity contribution in [3.8, 4) is 5.75 Å². The van der Waals surface area contributed by atoms with Crippen molar-refractivity contribution in [2.24, 2.45) is 0 Å². The third kappa shape index (κ3) is 1.96. The van der Waals surface area contributed by atoms with Gasteiger partial charge in [-0.05, 0) is 13.0 Å². The highest BCUT2D eigenvalue weighted by molar-refractivity contribution is 6.31. The van der Waals surface area contributed by atoms with Gasteiger partial charge in [0.1, 0.15) is 0 Å². The largest absolute Gasteiger partial charge is 0.493 e. The van der Waals surface area contributed by atoms with Crippen LogP contribution in [0.5, 0.6) is 5.75 Å². The van der Waals surface area contributed by atoms with Crippen molar-refractivity contribution >= 4 is 17.6 Å². The Morgan fingerprint density at radius 2 is 2.14 bits per heavy atom. The van der Waals surface area contributed by atoms with Crippen LogP contribution in [0.3, 0.4) is 0 Å². The number of hydrogen-bond donors (Lipinski definition) is 0. The summed E-state index contributed by atoms with van der Waals surface area (Å²) >= 11 is 5.76. The van der Waals surface area contributed by atoms with Crippen LogP contribution in [0.2, 0.25) is 5.15 Å². The van der Waals surface area contributed by atoms with Gasteiger partial charge in [0.15, 0.2) is 10.9 Å². The maximum absolute atomic E-state index is 11.3. The topological polar surface area (TPSA) is 48.4 Å². The van der Waals surface area contributed by atoms with Gasteiger partial charge in [-0.15, -0.1) is 0 Å².